The SMILES string of the molecule is CC(C)(O)C(C)(C)OSc1ccc2c(c1)c1ccccc1n2-c1ccc2oc3ccccc3c2c1. The van der Waals surface area contributed by atoms with Gasteiger partial charge in [-0.05, 0) is 76.2 Å². The maximum Gasteiger partial charge on any atom is 0.135 e. The first-order chi connectivity index (χ1) is 16.7. The summed E-state index contributed by atoms with van der Waals surface area (Å²) in [5, 5.41) is 15.0. The topological polar surface area (TPSA) is 47.5 Å². The molecule has 0 aliphatic rings. The first-order valence-corrected chi connectivity index (χ1v) is 12.5. The second-order valence-electron chi connectivity index (χ2n) is 10.0. The monoisotopic (exact) mass is 481 g/mol. The van der Waals surface area contributed by atoms with Gasteiger partial charge in [-0.3, -0.25) is 0 Å². The minimum Gasteiger partial charge on any atom is -0.456 e. The zero-order valence-electron chi connectivity index (χ0n) is 20.2. The predicted octanol–water partition coefficient (Wildman–Crippen LogP) is 8.26. The fourth-order valence-electron chi connectivity index (χ4n) is 4.39. The van der Waals surface area contributed by atoms with E-state index in [2.05, 4.69) is 71.3 Å². The molecule has 0 unspecified atom stereocenters. The highest BCUT2D eigenvalue weighted by Crippen LogP contribution is 2.38. The number of aliphatic hydroxyl groups is 1. The van der Waals surface area contributed by atoms with E-state index in [0.717, 1.165) is 48.9 Å². The molecule has 2 heterocycles. The summed E-state index contributed by atoms with van der Waals surface area (Å²) < 4.78 is 14.4. The number of fused-ring (bicyclic) bond motifs is 6. The van der Waals surface area contributed by atoms with Gasteiger partial charge in [0.25, 0.3) is 0 Å². The molecule has 0 saturated heterocycles. The van der Waals surface area contributed by atoms with Crippen LogP contribution in [0.15, 0.2) is 94.2 Å². The molecule has 0 amide bonds. The van der Waals surface area contributed by atoms with Crippen molar-refractivity contribution >= 4 is 55.8 Å². The van der Waals surface area contributed by atoms with Gasteiger partial charge in [-0.25, -0.2) is 0 Å². The summed E-state index contributed by atoms with van der Waals surface area (Å²) in [4.78, 5) is 0.994. The van der Waals surface area contributed by atoms with Crippen LogP contribution in [0.2, 0.25) is 0 Å². The third-order valence-electron chi connectivity index (χ3n) is 7.08. The van der Waals surface area contributed by atoms with Gasteiger partial charge in [-0.1, -0.05) is 36.4 Å². The van der Waals surface area contributed by atoms with E-state index in [1.807, 2.05) is 32.0 Å². The molecule has 0 aliphatic heterocycles. The van der Waals surface area contributed by atoms with E-state index >= 15 is 0 Å². The highest BCUT2D eigenvalue weighted by Gasteiger charge is 2.37. The van der Waals surface area contributed by atoms with Gasteiger partial charge in [0, 0.05) is 44.2 Å². The second kappa shape index (κ2) is 7.89. The predicted molar refractivity (Wildman–Crippen MR) is 145 cm³/mol. The number of benzene rings is 4. The van der Waals surface area contributed by atoms with Gasteiger partial charge >= 0.3 is 0 Å². The van der Waals surface area contributed by atoms with Crippen molar-refractivity contribution in [1.82, 2.24) is 4.57 Å². The molecule has 0 atom stereocenters. The first-order valence-electron chi connectivity index (χ1n) is 11.8. The van der Waals surface area contributed by atoms with E-state index in [4.69, 9.17) is 8.60 Å². The van der Waals surface area contributed by atoms with E-state index < -0.39 is 11.2 Å². The summed E-state index contributed by atoms with van der Waals surface area (Å²) in [6.07, 6.45) is 0. The zero-order valence-corrected chi connectivity index (χ0v) is 21.0. The summed E-state index contributed by atoms with van der Waals surface area (Å²) in [6.45, 7) is 7.34. The van der Waals surface area contributed by atoms with Gasteiger partial charge in [0.2, 0.25) is 0 Å². The lowest BCUT2D eigenvalue weighted by molar-refractivity contribution is -0.0813. The number of hydrogen-bond acceptors (Lipinski definition) is 4. The van der Waals surface area contributed by atoms with Crippen molar-refractivity contribution in [2.24, 2.45) is 0 Å². The lowest BCUT2D eigenvalue weighted by atomic mass is 9.90. The molecular formula is C30H27NO3S. The minimum atomic E-state index is -0.962. The van der Waals surface area contributed by atoms with Crippen molar-refractivity contribution < 1.29 is 13.7 Å². The number of furan rings is 1. The molecule has 0 aliphatic carbocycles. The van der Waals surface area contributed by atoms with Gasteiger partial charge in [0.15, 0.2) is 0 Å². The summed E-state index contributed by atoms with van der Waals surface area (Å²) in [5.41, 5.74) is 3.49. The van der Waals surface area contributed by atoms with Crippen LogP contribution < -0.4 is 0 Å². The number of hydrogen-bond donors (Lipinski definition) is 1. The Labute approximate surface area is 208 Å². The quantitative estimate of drug-likeness (QED) is 0.252. The van der Waals surface area contributed by atoms with Crippen molar-refractivity contribution in [3.63, 3.8) is 0 Å². The van der Waals surface area contributed by atoms with Gasteiger partial charge in [-0.15, -0.1) is 0 Å². The van der Waals surface area contributed by atoms with Crippen molar-refractivity contribution in [2.45, 2.75) is 43.8 Å². The summed E-state index contributed by atoms with van der Waals surface area (Å²) >= 11 is 1.31. The molecule has 0 bridgehead atoms. The maximum absolute atomic E-state index is 10.4. The van der Waals surface area contributed by atoms with Crippen molar-refractivity contribution in [1.29, 1.82) is 0 Å². The number of aromatic nitrogens is 1. The van der Waals surface area contributed by atoms with Crippen LogP contribution in [0.25, 0.3) is 49.4 Å². The average molecular weight is 482 g/mol. The maximum atomic E-state index is 10.4. The van der Waals surface area contributed by atoms with E-state index in [1.54, 1.807) is 13.8 Å². The molecule has 4 nitrogen and oxygen atoms in total. The third-order valence-corrected chi connectivity index (χ3v) is 8.03. The fourth-order valence-corrected chi connectivity index (χ4v) is 5.19. The summed E-state index contributed by atoms with van der Waals surface area (Å²) in [7, 11) is 0. The number of para-hydroxylation sites is 2. The van der Waals surface area contributed by atoms with Gasteiger partial charge in [0.05, 0.1) is 16.6 Å². The van der Waals surface area contributed by atoms with Crippen LogP contribution in [0.5, 0.6) is 0 Å². The van der Waals surface area contributed by atoms with Crippen molar-refractivity contribution in [3.05, 3.63) is 84.9 Å². The molecule has 35 heavy (non-hydrogen) atoms. The summed E-state index contributed by atoms with van der Waals surface area (Å²) in [6, 6.07) is 29.4. The van der Waals surface area contributed by atoms with E-state index in [0.29, 0.717) is 0 Å². The molecule has 0 radical (unpaired) electrons. The molecule has 6 rings (SSSR count). The standard InChI is InChI=1S/C30H27NO3S/c1-29(2,32)30(3,4)34-35-20-14-15-26-23(18-20)21-9-5-7-11-25(21)31(26)19-13-16-28-24(17-19)22-10-6-8-12-27(22)33-28/h5-18,32H,1-4H3. The van der Waals surface area contributed by atoms with Crippen LogP contribution in [-0.4, -0.2) is 20.9 Å². The summed E-state index contributed by atoms with van der Waals surface area (Å²) in [5.74, 6) is 0. The Hall–Kier alpha value is -3.25. The molecule has 2 aromatic heterocycles. The largest absolute Gasteiger partial charge is 0.456 e. The van der Waals surface area contributed by atoms with Crippen LogP contribution in [0.4, 0.5) is 0 Å². The third kappa shape index (κ3) is 3.62. The number of rotatable bonds is 5. The Morgan fingerprint density at radius 3 is 2.20 bits per heavy atom. The smallest absolute Gasteiger partial charge is 0.135 e. The normalized spacial score (nSPS) is 12.9. The molecule has 0 spiro atoms. The molecular weight excluding hydrogens is 454 g/mol. The lowest BCUT2D eigenvalue weighted by Gasteiger charge is -2.35. The van der Waals surface area contributed by atoms with E-state index in [1.165, 1.54) is 17.4 Å². The molecule has 0 saturated carbocycles. The molecule has 176 valence electrons. The highest BCUT2D eigenvalue weighted by molar-refractivity contribution is 7.94. The van der Waals surface area contributed by atoms with Crippen LogP contribution in [0, 0.1) is 0 Å². The van der Waals surface area contributed by atoms with E-state index in [9.17, 15) is 5.11 Å². The molecule has 0 fully saturated rings. The van der Waals surface area contributed by atoms with Crippen LogP contribution in [-0.2, 0) is 4.18 Å². The minimum absolute atomic E-state index is 0.705. The number of nitrogens with zero attached hydrogens (tertiary/aromatic N) is 1. The van der Waals surface area contributed by atoms with Crippen molar-refractivity contribution in [3.8, 4) is 5.69 Å². The van der Waals surface area contributed by atoms with Crippen LogP contribution >= 0.6 is 12.0 Å². The van der Waals surface area contributed by atoms with Gasteiger partial charge < -0.3 is 18.3 Å². The Morgan fingerprint density at radius 2 is 1.40 bits per heavy atom. The Balaban J connectivity index is 1.49. The molecule has 5 heteroatoms. The Kier molecular flexibility index (Phi) is 5.01. The lowest BCUT2D eigenvalue weighted by Crippen LogP contribution is -2.45. The van der Waals surface area contributed by atoms with Crippen LogP contribution in [0.1, 0.15) is 27.7 Å². The Bertz CT molecular complexity index is 1720. The average Bonchev–Trinajstić information content (AvgIpc) is 3.37. The Morgan fingerprint density at radius 1 is 0.714 bits per heavy atom. The van der Waals surface area contributed by atoms with E-state index in [-0.39, 0.29) is 0 Å². The molecule has 6 aromatic rings. The highest BCUT2D eigenvalue weighted by atomic mass is 32.2. The first kappa shape index (κ1) is 22.2. The van der Waals surface area contributed by atoms with Gasteiger partial charge in [-0.2, -0.15) is 0 Å². The fraction of sp³-hybridized carbons (Fsp3) is 0.200. The molecule has 4 aromatic carbocycles. The van der Waals surface area contributed by atoms with Crippen molar-refractivity contribution in [2.75, 3.05) is 0 Å². The molecule has 1 N–H and O–H groups in total. The zero-order chi connectivity index (χ0) is 24.4. The van der Waals surface area contributed by atoms with Crippen LogP contribution in [0.3, 0.4) is 0 Å². The second-order valence-corrected chi connectivity index (χ2v) is 10.9. The van der Waals surface area contributed by atoms with Gasteiger partial charge in [0.1, 0.15) is 16.8 Å².